The van der Waals surface area contributed by atoms with Crippen LogP contribution in [0.4, 0.5) is 26.3 Å². The Morgan fingerprint density at radius 2 is 1.71 bits per heavy atom. The molecule has 0 heterocycles. The summed E-state index contributed by atoms with van der Waals surface area (Å²) in [5.74, 6) is -3.04. The van der Waals surface area contributed by atoms with E-state index >= 15 is 0 Å². The molecule has 0 spiro atoms. The van der Waals surface area contributed by atoms with Crippen LogP contribution in [0.2, 0.25) is 0 Å². The van der Waals surface area contributed by atoms with Crippen LogP contribution < -0.4 is 5.73 Å². The first kappa shape index (κ1) is 13.9. The van der Waals surface area contributed by atoms with Gasteiger partial charge >= 0.3 is 12.4 Å². The molecule has 0 aromatic rings. The van der Waals surface area contributed by atoms with Crippen LogP contribution in [-0.2, 0) is 0 Å². The zero-order chi connectivity index (χ0) is 13.4. The van der Waals surface area contributed by atoms with Crippen molar-refractivity contribution in [3.8, 4) is 0 Å². The van der Waals surface area contributed by atoms with Gasteiger partial charge in [0.05, 0.1) is 11.5 Å². The minimum absolute atomic E-state index is 0.395. The summed E-state index contributed by atoms with van der Waals surface area (Å²) < 4.78 is 74.9. The van der Waals surface area contributed by atoms with Gasteiger partial charge in [-0.25, -0.2) is 0 Å². The standard InChI is InChI=1S/C10H11F6N/c1-5-7(10(14,15)16)3-2-6(4-8(5)17)9(11,12)13/h2,4-5,7H,3,17H2,1H3. The van der Waals surface area contributed by atoms with E-state index in [2.05, 4.69) is 0 Å². The normalized spacial score (nSPS) is 27.2. The second kappa shape index (κ2) is 4.27. The van der Waals surface area contributed by atoms with Crippen molar-refractivity contribution in [3.63, 3.8) is 0 Å². The zero-order valence-corrected chi connectivity index (χ0v) is 8.86. The molecule has 0 aromatic carbocycles. The molecule has 0 bridgehead atoms. The lowest BCUT2D eigenvalue weighted by atomic mass is 9.89. The molecule has 17 heavy (non-hydrogen) atoms. The van der Waals surface area contributed by atoms with E-state index in [-0.39, 0.29) is 0 Å². The summed E-state index contributed by atoms with van der Waals surface area (Å²) in [6, 6.07) is 0. The van der Waals surface area contributed by atoms with Crippen molar-refractivity contribution < 1.29 is 26.3 Å². The lowest BCUT2D eigenvalue weighted by Crippen LogP contribution is -2.30. The predicted molar refractivity (Wildman–Crippen MR) is 49.7 cm³/mol. The minimum Gasteiger partial charge on any atom is -0.402 e. The number of hydrogen-bond donors (Lipinski definition) is 1. The van der Waals surface area contributed by atoms with Crippen LogP contribution >= 0.6 is 0 Å². The first-order valence-corrected chi connectivity index (χ1v) is 4.84. The number of allylic oxidation sites excluding steroid dienone is 4. The summed E-state index contributed by atoms with van der Waals surface area (Å²) in [6.07, 6.45) is -8.82. The third-order valence-electron chi connectivity index (χ3n) is 2.79. The molecule has 1 aliphatic carbocycles. The Bertz CT molecular complexity index is 349. The number of alkyl halides is 6. The maximum atomic E-state index is 12.6. The highest BCUT2D eigenvalue weighted by molar-refractivity contribution is 5.30. The Hall–Kier alpha value is -1.14. The van der Waals surface area contributed by atoms with Crippen LogP contribution in [0.1, 0.15) is 13.3 Å². The molecule has 0 saturated heterocycles. The molecule has 0 amide bonds. The van der Waals surface area contributed by atoms with Crippen LogP contribution in [0.15, 0.2) is 23.4 Å². The van der Waals surface area contributed by atoms with Gasteiger partial charge < -0.3 is 5.73 Å². The fraction of sp³-hybridized carbons (Fsp3) is 0.600. The van der Waals surface area contributed by atoms with Gasteiger partial charge in [0.15, 0.2) is 0 Å². The summed E-state index contributed by atoms with van der Waals surface area (Å²) in [7, 11) is 0. The third kappa shape index (κ3) is 3.17. The average molecular weight is 259 g/mol. The maximum Gasteiger partial charge on any atom is 0.416 e. The van der Waals surface area contributed by atoms with Gasteiger partial charge in [0, 0.05) is 11.6 Å². The van der Waals surface area contributed by atoms with Gasteiger partial charge in [-0.2, -0.15) is 26.3 Å². The molecule has 0 radical (unpaired) electrons. The summed E-state index contributed by atoms with van der Waals surface area (Å²) in [5, 5.41) is 0. The number of hydrogen-bond acceptors (Lipinski definition) is 1. The molecule has 0 aliphatic heterocycles. The van der Waals surface area contributed by atoms with Gasteiger partial charge in [-0.1, -0.05) is 13.0 Å². The second-order valence-corrected chi connectivity index (χ2v) is 3.97. The first-order chi connectivity index (χ1) is 7.53. The van der Waals surface area contributed by atoms with Crippen molar-refractivity contribution in [1.82, 2.24) is 0 Å². The van der Waals surface area contributed by atoms with Crippen LogP contribution in [-0.4, -0.2) is 12.4 Å². The Labute approximate surface area is 94.0 Å². The smallest absolute Gasteiger partial charge is 0.402 e. The van der Waals surface area contributed by atoms with Crippen LogP contribution in [0, 0.1) is 11.8 Å². The number of nitrogens with two attached hydrogens (primary N) is 1. The third-order valence-corrected chi connectivity index (χ3v) is 2.79. The predicted octanol–water partition coefficient (Wildman–Crippen LogP) is 3.54. The van der Waals surface area contributed by atoms with Gasteiger partial charge in [0.1, 0.15) is 0 Å². The van der Waals surface area contributed by atoms with Crippen molar-refractivity contribution in [2.45, 2.75) is 25.7 Å². The molecule has 1 aliphatic rings. The molecule has 98 valence electrons. The molecule has 0 saturated carbocycles. The Morgan fingerprint density at radius 1 is 1.18 bits per heavy atom. The molecule has 7 heteroatoms. The van der Waals surface area contributed by atoms with E-state index in [1.54, 1.807) is 0 Å². The van der Waals surface area contributed by atoms with Crippen LogP contribution in [0.3, 0.4) is 0 Å². The van der Waals surface area contributed by atoms with E-state index in [1.165, 1.54) is 6.92 Å². The Morgan fingerprint density at radius 3 is 2.12 bits per heavy atom. The number of rotatable bonds is 0. The van der Waals surface area contributed by atoms with Crippen molar-refractivity contribution in [1.29, 1.82) is 0 Å². The van der Waals surface area contributed by atoms with Crippen molar-refractivity contribution in [3.05, 3.63) is 23.4 Å². The molecule has 2 atom stereocenters. The van der Waals surface area contributed by atoms with E-state index < -0.39 is 41.9 Å². The van der Waals surface area contributed by atoms with Crippen molar-refractivity contribution >= 4 is 0 Å². The molecule has 2 N–H and O–H groups in total. The maximum absolute atomic E-state index is 12.6. The topological polar surface area (TPSA) is 26.0 Å². The van der Waals surface area contributed by atoms with Crippen molar-refractivity contribution in [2.75, 3.05) is 0 Å². The van der Waals surface area contributed by atoms with Gasteiger partial charge in [-0.15, -0.1) is 0 Å². The zero-order valence-electron chi connectivity index (χ0n) is 8.86. The van der Waals surface area contributed by atoms with E-state index in [4.69, 9.17) is 5.73 Å². The Balaban J connectivity index is 3.10. The number of halogens is 6. The molecular formula is C10H11F6N. The summed E-state index contributed by atoms with van der Waals surface area (Å²) in [6.45, 7) is 1.18. The molecule has 1 rings (SSSR count). The van der Waals surface area contributed by atoms with Crippen molar-refractivity contribution in [2.24, 2.45) is 17.6 Å². The SMILES string of the molecule is CC1C(N)=CC(C(F)(F)F)=CCC1C(F)(F)F. The van der Waals surface area contributed by atoms with E-state index in [0.29, 0.717) is 12.2 Å². The largest absolute Gasteiger partial charge is 0.416 e. The highest BCUT2D eigenvalue weighted by Crippen LogP contribution is 2.41. The monoisotopic (exact) mass is 259 g/mol. The summed E-state index contributed by atoms with van der Waals surface area (Å²) >= 11 is 0. The first-order valence-electron chi connectivity index (χ1n) is 4.84. The van der Waals surface area contributed by atoms with E-state index in [9.17, 15) is 26.3 Å². The highest BCUT2D eigenvalue weighted by atomic mass is 19.4. The van der Waals surface area contributed by atoms with E-state index in [0.717, 1.165) is 0 Å². The molecule has 2 unspecified atom stereocenters. The van der Waals surface area contributed by atoms with E-state index in [1.807, 2.05) is 0 Å². The quantitative estimate of drug-likeness (QED) is 0.661. The molecule has 0 fully saturated rings. The minimum atomic E-state index is -4.68. The average Bonchev–Trinajstić information content (AvgIpc) is 2.25. The van der Waals surface area contributed by atoms with Gasteiger partial charge in [-0.05, 0) is 12.5 Å². The van der Waals surface area contributed by atoms with Crippen LogP contribution in [0.5, 0.6) is 0 Å². The van der Waals surface area contributed by atoms with Gasteiger partial charge in [-0.3, -0.25) is 0 Å². The van der Waals surface area contributed by atoms with Crippen LogP contribution in [0.25, 0.3) is 0 Å². The molecular weight excluding hydrogens is 248 g/mol. The Kier molecular flexibility index (Phi) is 3.50. The summed E-state index contributed by atoms with van der Waals surface area (Å²) in [4.78, 5) is 0. The lowest BCUT2D eigenvalue weighted by Gasteiger charge is -2.24. The van der Waals surface area contributed by atoms with Gasteiger partial charge in [0.25, 0.3) is 0 Å². The fourth-order valence-electron chi connectivity index (χ4n) is 1.67. The lowest BCUT2D eigenvalue weighted by molar-refractivity contribution is -0.183. The second-order valence-electron chi connectivity index (χ2n) is 3.97. The molecule has 0 aromatic heterocycles. The van der Waals surface area contributed by atoms with Gasteiger partial charge in [0.2, 0.25) is 0 Å². The molecule has 1 nitrogen and oxygen atoms in total. The highest BCUT2D eigenvalue weighted by Gasteiger charge is 2.45. The fourth-order valence-corrected chi connectivity index (χ4v) is 1.67. The summed E-state index contributed by atoms with van der Waals surface area (Å²) in [5.41, 5.74) is 3.76.